The highest BCUT2D eigenvalue weighted by Gasteiger charge is 2.20. The molecule has 0 bridgehead atoms. The maximum atomic E-state index is 11.6. The predicted octanol–water partition coefficient (Wildman–Crippen LogP) is -0.0343. The van der Waals surface area contributed by atoms with Gasteiger partial charge in [-0.3, -0.25) is 9.59 Å². The minimum absolute atomic E-state index is 0.0930. The second-order valence-electron chi connectivity index (χ2n) is 4.11. The van der Waals surface area contributed by atoms with Crippen molar-refractivity contribution >= 4 is 11.9 Å². The average molecular weight is 246 g/mol. The molecule has 0 aliphatic carbocycles. The molecule has 100 valence electrons. The number of rotatable bonds is 8. The van der Waals surface area contributed by atoms with Crippen LogP contribution in [0.25, 0.3) is 0 Å². The minimum Gasteiger partial charge on any atom is -0.481 e. The van der Waals surface area contributed by atoms with Crippen molar-refractivity contribution in [3.63, 3.8) is 0 Å². The average Bonchev–Trinajstić information content (AvgIpc) is 2.31. The van der Waals surface area contributed by atoms with E-state index < -0.39 is 18.1 Å². The summed E-state index contributed by atoms with van der Waals surface area (Å²) in [4.78, 5) is 22.1. The molecular formula is C11H22N2O4. The van der Waals surface area contributed by atoms with Crippen molar-refractivity contribution in [2.24, 2.45) is 11.7 Å². The molecule has 6 heteroatoms. The van der Waals surface area contributed by atoms with E-state index in [2.05, 4.69) is 5.32 Å². The third-order valence-corrected chi connectivity index (χ3v) is 2.80. The van der Waals surface area contributed by atoms with Crippen molar-refractivity contribution in [2.75, 3.05) is 13.7 Å². The summed E-state index contributed by atoms with van der Waals surface area (Å²) in [5.74, 6) is -1.14. The van der Waals surface area contributed by atoms with Crippen LogP contribution in [0.5, 0.6) is 0 Å². The van der Waals surface area contributed by atoms with Gasteiger partial charge in [-0.05, 0) is 5.92 Å². The first-order valence-electron chi connectivity index (χ1n) is 5.70. The third-order valence-electron chi connectivity index (χ3n) is 2.80. The van der Waals surface area contributed by atoms with E-state index in [0.29, 0.717) is 0 Å². The summed E-state index contributed by atoms with van der Waals surface area (Å²) in [6.07, 6.45) is 0.146. The van der Waals surface area contributed by atoms with Crippen LogP contribution in [-0.2, 0) is 14.3 Å². The van der Waals surface area contributed by atoms with E-state index in [1.807, 2.05) is 13.8 Å². The molecule has 0 aliphatic rings. The summed E-state index contributed by atoms with van der Waals surface area (Å²) >= 11 is 0. The van der Waals surface area contributed by atoms with Crippen LogP contribution >= 0.6 is 0 Å². The monoisotopic (exact) mass is 246 g/mol. The van der Waals surface area contributed by atoms with E-state index in [1.165, 1.54) is 7.11 Å². The molecule has 0 aromatic heterocycles. The Hall–Kier alpha value is -1.14. The maximum Gasteiger partial charge on any atom is 0.306 e. The minimum atomic E-state index is -0.961. The van der Waals surface area contributed by atoms with Crippen LogP contribution in [0.2, 0.25) is 0 Å². The van der Waals surface area contributed by atoms with Crippen molar-refractivity contribution in [2.45, 2.75) is 38.8 Å². The highest BCUT2D eigenvalue weighted by Crippen LogP contribution is 2.05. The third kappa shape index (κ3) is 6.23. The lowest BCUT2D eigenvalue weighted by molar-refractivity contribution is -0.140. The van der Waals surface area contributed by atoms with Crippen LogP contribution in [0, 0.1) is 5.92 Å². The molecule has 3 atom stereocenters. The number of aliphatic carboxylic acids is 1. The standard InChI is InChI=1S/C11H22N2O4/c1-4-7(2)10(12)11(16)13-6-8(17-3)5-9(14)15/h7-8,10H,4-6,12H2,1-3H3,(H,13,16)(H,14,15)/t7-,8?,10-/m0/s1. The molecule has 0 spiro atoms. The van der Waals surface area contributed by atoms with Crippen LogP contribution < -0.4 is 11.1 Å². The van der Waals surface area contributed by atoms with Gasteiger partial charge in [0.1, 0.15) is 0 Å². The number of ether oxygens (including phenoxy) is 1. The van der Waals surface area contributed by atoms with Crippen LogP contribution in [-0.4, -0.2) is 42.8 Å². The van der Waals surface area contributed by atoms with E-state index in [9.17, 15) is 9.59 Å². The van der Waals surface area contributed by atoms with Crippen LogP contribution in [0.3, 0.4) is 0 Å². The first-order chi connectivity index (χ1) is 7.92. The summed E-state index contributed by atoms with van der Waals surface area (Å²) in [6, 6.07) is -0.567. The number of hydrogen-bond donors (Lipinski definition) is 3. The van der Waals surface area contributed by atoms with Gasteiger partial charge in [0.2, 0.25) is 5.91 Å². The van der Waals surface area contributed by atoms with Gasteiger partial charge >= 0.3 is 5.97 Å². The number of carboxylic acid groups (broad SMARTS) is 1. The largest absolute Gasteiger partial charge is 0.481 e. The van der Waals surface area contributed by atoms with Crippen molar-refractivity contribution in [3.8, 4) is 0 Å². The molecule has 0 saturated heterocycles. The molecule has 0 aliphatic heterocycles. The van der Waals surface area contributed by atoms with Gasteiger partial charge < -0.3 is 20.9 Å². The fourth-order valence-corrected chi connectivity index (χ4v) is 1.28. The first kappa shape index (κ1) is 15.9. The molecule has 1 amide bonds. The number of hydrogen-bond acceptors (Lipinski definition) is 4. The number of nitrogens with one attached hydrogen (secondary N) is 1. The zero-order valence-corrected chi connectivity index (χ0v) is 10.6. The Labute approximate surface area is 102 Å². The molecule has 0 radical (unpaired) electrons. The molecule has 0 rings (SSSR count). The number of amides is 1. The summed E-state index contributed by atoms with van der Waals surface area (Å²) in [5.41, 5.74) is 5.73. The number of carbonyl (C=O) groups is 2. The van der Waals surface area contributed by atoms with E-state index in [0.717, 1.165) is 6.42 Å². The Kier molecular flexibility index (Phi) is 7.49. The van der Waals surface area contributed by atoms with Gasteiger partial charge in [0.25, 0.3) is 0 Å². The number of methoxy groups -OCH3 is 1. The van der Waals surface area contributed by atoms with Crippen LogP contribution in [0.4, 0.5) is 0 Å². The number of carbonyl (C=O) groups excluding carboxylic acids is 1. The molecule has 0 aromatic rings. The first-order valence-corrected chi connectivity index (χ1v) is 5.70. The van der Waals surface area contributed by atoms with E-state index >= 15 is 0 Å². The Morgan fingerprint density at radius 1 is 1.47 bits per heavy atom. The molecule has 0 fully saturated rings. The summed E-state index contributed by atoms with van der Waals surface area (Å²) in [5, 5.41) is 11.2. The Bertz CT molecular complexity index is 258. The van der Waals surface area contributed by atoms with E-state index in [4.69, 9.17) is 15.6 Å². The van der Waals surface area contributed by atoms with Gasteiger partial charge in [-0.1, -0.05) is 20.3 Å². The van der Waals surface area contributed by atoms with Crippen molar-refractivity contribution < 1.29 is 19.4 Å². The highest BCUT2D eigenvalue weighted by molar-refractivity contribution is 5.81. The lowest BCUT2D eigenvalue weighted by Gasteiger charge is -2.20. The Morgan fingerprint density at radius 2 is 2.06 bits per heavy atom. The Morgan fingerprint density at radius 3 is 2.47 bits per heavy atom. The van der Waals surface area contributed by atoms with Crippen molar-refractivity contribution in [1.82, 2.24) is 5.32 Å². The van der Waals surface area contributed by atoms with Gasteiger partial charge in [-0.25, -0.2) is 0 Å². The highest BCUT2D eigenvalue weighted by atomic mass is 16.5. The van der Waals surface area contributed by atoms with Gasteiger partial charge in [0.05, 0.1) is 18.6 Å². The van der Waals surface area contributed by atoms with E-state index in [-0.39, 0.29) is 24.8 Å². The fraction of sp³-hybridized carbons (Fsp3) is 0.818. The number of carboxylic acids is 1. The maximum absolute atomic E-state index is 11.6. The molecule has 17 heavy (non-hydrogen) atoms. The number of nitrogens with two attached hydrogens (primary N) is 1. The topological polar surface area (TPSA) is 102 Å². The normalized spacial score (nSPS) is 16.0. The van der Waals surface area contributed by atoms with Crippen LogP contribution in [0.1, 0.15) is 26.7 Å². The zero-order valence-electron chi connectivity index (χ0n) is 10.6. The van der Waals surface area contributed by atoms with Crippen LogP contribution in [0.15, 0.2) is 0 Å². The summed E-state index contributed by atoms with van der Waals surface area (Å²) in [6.45, 7) is 4.02. The molecule has 0 saturated carbocycles. The predicted molar refractivity (Wildman–Crippen MR) is 63.5 cm³/mol. The quantitative estimate of drug-likeness (QED) is 0.558. The van der Waals surface area contributed by atoms with Gasteiger partial charge in [0, 0.05) is 13.7 Å². The smallest absolute Gasteiger partial charge is 0.306 e. The van der Waals surface area contributed by atoms with Gasteiger partial charge in [-0.15, -0.1) is 0 Å². The van der Waals surface area contributed by atoms with Gasteiger partial charge in [0.15, 0.2) is 0 Å². The SMILES string of the molecule is CC[C@H](C)[C@H](N)C(=O)NCC(CC(=O)O)OC. The Balaban J connectivity index is 4.08. The van der Waals surface area contributed by atoms with E-state index in [1.54, 1.807) is 0 Å². The fourth-order valence-electron chi connectivity index (χ4n) is 1.28. The zero-order chi connectivity index (χ0) is 13.4. The molecule has 1 unspecified atom stereocenters. The molecule has 4 N–H and O–H groups in total. The summed E-state index contributed by atoms with van der Waals surface area (Å²) in [7, 11) is 1.41. The van der Waals surface area contributed by atoms with Gasteiger partial charge in [-0.2, -0.15) is 0 Å². The lowest BCUT2D eigenvalue weighted by atomic mass is 9.99. The molecule has 0 aromatic carbocycles. The second kappa shape index (κ2) is 8.03. The second-order valence-corrected chi connectivity index (χ2v) is 4.11. The van der Waals surface area contributed by atoms with Crippen molar-refractivity contribution in [3.05, 3.63) is 0 Å². The van der Waals surface area contributed by atoms with Crippen molar-refractivity contribution in [1.29, 1.82) is 0 Å². The summed E-state index contributed by atoms with van der Waals surface area (Å²) < 4.78 is 4.94. The molecule has 0 heterocycles. The lowest BCUT2D eigenvalue weighted by Crippen LogP contribution is -2.47. The molecular weight excluding hydrogens is 224 g/mol. The molecule has 6 nitrogen and oxygen atoms in total.